The topological polar surface area (TPSA) is 59.1 Å². The lowest BCUT2D eigenvalue weighted by Gasteiger charge is -2.14. The number of carbonyl (C=O) groups excluding carboxylic acids is 2. The zero-order chi connectivity index (χ0) is 17.3. The zero-order valence-corrected chi connectivity index (χ0v) is 13.1. The molecule has 2 heterocycles. The molecule has 3 rings (SSSR count). The molecule has 0 atom stereocenters. The lowest BCUT2D eigenvalue weighted by atomic mass is 10.1. The standard InChI is InChI=1S/C16H11F3N2O2S/c17-10-3-13(18)12(14(19)4-10)6-20-15(23)9-1-8-2-11(22)7-24-16(8)21-5-9/h1,3-5H,2,6-7H2,(H,20,23). The maximum absolute atomic E-state index is 13.5. The number of benzene rings is 1. The summed E-state index contributed by atoms with van der Waals surface area (Å²) in [5.74, 6) is -3.36. The Morgan fingerprint density at radius 1 is 1.21 bits per heavy atom. The quantitative estimate of drug-likeness (QED) is 0.923. The first kappa shape index (κ1) is 16.5. The Bertz CT molecular complexity index is 819. The number of thioether (sulfide) groups is 1. The van der Waals surface area contributed by atoms with Crippen molar-refractivity contribution in [3.8, 4) is 0 Å². The fraction of sp³-hybridized carbons (Fsp3) is 0.188. The van der Waals surface area contributed by atoms with Crippen molar-refractivity contribution in [3.63, 3.8) is 0 Å². The number of ketones is 1. The molecule has 4 nitrogen and oxygen atoms in total. The van der Waals surface area contributed by atoms with Gasteiger partial charge in [0.15, 0.2) is 0 Å². The molecule has 1 aliphatic rings. The summed E-state index contributed by atoms with van der Waals surface area (Å²) in [5.41, 5.74) is 0.413. The van der Waals surface area contributed by atoms with Crippen LogP contribution in [0.1, 0.15) is 21.5 Å². The number of aromatic nitrogens is 1. The van der Waals surface area contributed by atoms with Gasteiger partial charge in [0.25, 0.3) is 5.91 Å². The maximum Gasteiger partial charge on any atom is 0.253 e. The predicted molar refractivity (Wildman–Crippen MR) is 81.2 cm³/mol. The summed E-state index contributed by atoms with van der Waals surface area (Å²) in [5, 5.41) is 3.06. The molecule has 124 valence electrons. The van der Waals surface area contributed by atoms with Crippen molar-refractivity contribution in [2.24, 2.45) is 0 Å². The lowest BCUT2D eigenvalue weighted by molar-refractivity contribution is -0.116. The molecule has 1 amide bonds. The Morgan fingerprint density at radius 2 is 1.92 bits per heavy atom. The molecule has 0 saturated heterocycles. The van der Waals surface area contributed by atoms with Crippen LogP contribution in [0.4, 0.5) is 13.2 Å². The Labute approximate surface area is 139 Å². The van der Waals surface area contributed by atoms with Gasteiger partial charge in [0, 0.05) is 36.9 Å². The number of fused-ring (bicyclic) bond motifs is 1. The molecule has 8 heteroatoms. The Kier molecular flexibility index (Phi) is 4.57. The smallest absolute Gasteiger partial charge is 0.253 e. The van der Waals surface area contributed by atoms with Gasteiger partial charge < -0.3 is 5.32 Å². The summed E-state index contributed by atoms with van der Waals surface area (Å²) >= 11 is 1.31. The normalized spacial score (nSPS) is 13.5. The van der Waals surface area contributed by atoms with Crippen molar-refractivity contribution < 1.29 is 22.8 Å². The second-order valence-electron chi connectivity index (χ2n) is 5.22. The second kappa shape index (κ2) is 6.64. The van der Waals surface area contributed by atoms with E-state index in [2.05, 4.69) is 10.3 Å². The number of nitrogens with one attached hydrogen (secondary N) is 1. The van der Waals surface area contributed by atoms with E-state index in [0.29, 0.717) is 28.5 Å². The van der Waals surface area contributed by atoms with E-state index in [-0.39, 0.29) is 17.8 Å². The van der Waals surface area contributed by atoms with E-state index in [1.807, 2.05) is 0 Å². The zero-order valence-electron chi connectivity index (χ0n) is 12.2. The van der Waals surface area contributed by atoms with Gasteiger partial charge in [-0.1, -0.05) is 11.8 Å². The van der Waals surface area contributed by atoms with E-state index >= 15 is 0 Å². The highest BCUT2D eigenvalue weighted by atomic mass is 32.2. The monoisotopic (exact) mass is 352 g/mol. The van der Waals surface area contributed by atoms with Gasteiger partial charge in [-0.2, -0.15) is 0 Å². The molecule has 1 N–H and O–H groups in total. The minimum absolute atomic E-state index is 0.0438. The molecule has 1 aromatic heterocycles. The third-order valence-corrected chi connectivity index (χ3v) is 4.58. The van der Waals surface area contributed by atoms with Crippen molar-refractivity contribution in [3.05, 3.63) is 58.5 Å². The number of pyridine rings is 1. The Balaban J connectivity index is 1.74. The molecule has 2 aromatic rings. The number of Topliss-reactive ketones (excluding diaryl/α,β-unsaturated/α-hetero) is 1. The summed E-state index contributed by atoms with van der Waals surface area (Å²) in [6, 6.07) is 2.64. The molecular formula is C16H11F3N2O2S. The first-order valence-electron chi connectivity index (χ1n) is 6.99. The summed E-state index contributed by atoms with van der Waals surface area (Å²) in [4.78, 5) is 27.7. The van der Waals surface area contributed by atoms with Crippen molar-refractivity contribution in [2.75, 3.05) is 5.75 Å². The van der Waals surface area contributed by atoms with Crippen LogP contribution >= 0.6 is 11.8 Å². The number of carbonyl (C=O) groups is 2. The van der Waals surface area contributed by atoms with Crippen LogP contribution in [0, 0.1) is 17.5 Å². The SMILES string of the molecule is O=C1CSc2ncc(C(=O)NCc3c(F)cc(F)cc3F)cc2C1. The highest BCUT2D eigenvalue weighted by molar-refractivity contribution is 8.00. The summed E-state index contributed by atoms with van der Waals surface area (Å²) in [6.07, 6.45) is 1.55. The number of hydrogen-bond donors (Lipinski definition) is 1. The largest absolute Gasteiger partial charge is 0.348 e. The highest BCUT2D eigenvalue weighted by Gasteiger charge is 2.20. The molecular weight excluding hydrogens is 341 g/mol. The van der Waals surface area contributed by atoms with E-state index in [0.717, 1.165) is 0 Å². The number of nitrogens with zero attached hydrogens (tertiary/aromatic N) is 1. The molecule has 24 heavy (non-hydrogen) atoms. The third-order valence-electron chi connectivity index (χ3n) is 3.48. The third kappa shape index (κ3) is 3.43. The van der Waals surface area contributed by atoms with E-state index in [1.54, 1.807) is 6.07 Å². The van der Waals surface area contributed by atoms with Crippen molar-refractivity contribution in [2.45, 2.75) is 18.0 Å². The van der Waals surface area contributed by atoms with Crippen LogP contribution in [0.3, 0.4) is 0 Å². The first-order valence-corrected chi connectivity index (χ1v) is 7.97. The fourth-order valence-corrected chi connectivity index (χ4v) is 3.15. The van der Waals surface area contributed by atoms with Crippen molar-refractivity contribution in [1.29, 1.82) is 0 Å². The molecule has 0 spiro atoms. The fourth-order valence-electron chi connectivity index (χ4n) is 2.30. The van der Waals surface area contributed by atoms with Gasteiger partial charge in [-0.05, 0) is 11.6 Å². The summed E-state index contributed by atoms with van der Waals surface area (Å²) < 4.78 is 40.0. The second-order valence-corrected chi connectivity index (χ2v) is 6.19. The number of hydrogen-bond acceptors (Lipinski definition) is 4. The number of halogens is 3. The summed E-state index contributed by atoms with van der Waals surface area (Å²) in [7, 11) is 0. The van der Waals surface area contributed by atoms with Crippen LogP contribution in [-0.2, 0) is 17.8 Å². The Morgan fingerprint density at radius 3 is 2.62 bits per heavy atom. The molecule has 0 saturated carbocycles. The Hall–Kier alpha value is -2.35. The average Bonchev–Trinajstić information content (AvgIpc) is 2.52. The van der Waals surface area contributed by atoms with Crippen LogP contribution in [-0.4, -0.2) is 22.4 Å². The number of amides is 1. The van der Waals surface area contributed by atoms with E-state index in [1.165, 1.54) is 18.0 Å². The van der Waals surface area contributed by atoms with Crippen molar-refractivity contribution in [1.82, 2.24) is 10.3 Å². The maximum atomic E-state index is 13.5. The minimum Gasteiger partial charge on any atom is -0.348 e. The van der Waals surface area contributed by atoms with E-state index in [9.17, 15) is 22.8 Å². The van der Waals surface area contributed by atoms with E-state index < -0.39 is 35.5 Å². The molecule has 0 bridgehead atoms. The first-order chi connectivity index (χ1) is 11.4. The van der Waals surface area contributed by atoms with Gasteiger partial charge in [-0.3, -0.25) is 9.59 Å². The highest BCUT2D eigenvalue weighted by Crippen LogP contribution is 2.26. The van der Waals surface area contributed by atoms with Crippen LogP contribution in [0.25, 0.3) is 0 Å². The van der Waals surface area contributed by atoms with Gasteiger partial charge in [-0.15, -0.1) is 0 Å². The van der Waals surface area contributed by atoms with Crippen LogP contribution in [0.5, 0.6) is 0 Å². The van der Waals surface area contributed by atoms with Gasteiger partial charge in [-0.25, -0.2) is 18.2 Å². The van der Waals surface area contributed by atoms with Crippen LogP contribution in [0.15, 0.2) is 29.4 Å². The molecule has 0 fully saturated rings. The van der Waals surface area contributed by atoms with Gasteiger partial charge in [0.2, 0.25) is 0 Å². The minimum atomic E-state index is -1.07. The molecule has 0 aliphatic carbocycles. The summed E-state index contributed by atoms with van der Waals surface area (Å²) in [6.45, 7) is -0.429. The molecule has 0 unspecified atom stereocenters. The van der Waals surface area contributed by atoms with Crippen molar-refractivity contribution >= 4 is 23.5 Å². The average molecular weight is 352 g/mol. The molecule has 0 radical (unpaired) electrons. The van der Waals surface area contributed by atoms with Gasteiger partial charge in [0.05, 0.1) is 11.3 Å². The van der Waals surface area contributed by atoms with Gasteiger partial charge >= 0.3 is 0 Å². The number of rotatable bonds is 3. The lowest BCUT2D eigenvalue weighted by Crippen LogP contribution is -2.25. The van der Waals surface area contributed by atoms with Crippen LogP contribution in [0.2, 0.25) is 0 Å². The predicted octanol–water partition coefficient (Wildman–Crippen LogP) is 2.65. The van der Waals surface area contributed by atoms with Crippen LogP contribution < -0.4 is 5.32 Å². The molecule has 1 aliphatic heterocycles. The van der Waals surface area contributed by atoms with Gasteiger partial charge in [0.1, 0.15) is 28.3 Å². The molecule has 1 aromatic carbocycles. The van der Waals surface area contributed by atoms with E-state index in [4.69, 9.17) is 0 Å².